The molecule has 6 atom stereocenters. The van der Waals surface area contributed by atoms with Crippen LogP contribution in [0, 0.1) is 0 Å². The zero-order valence-electron chi connectivity index (χ0n) is 48.0. The summed E-state index contributed by atoms with van der Waals surface area (Å²) in [5.74, 6) is -3.92. The van der Waals surface area contributed by atoms with Crippen molar-refractivity contribution in [2.24, 2.45) is 51.6 Å². The Morgan fingerprint density at radius 2 is 0.595 bits per heavy atom. The van der Waals surface area contributed by atoms with Crippen LogP contribution in [0.1, 0.15) is 98.1 Å². The molecule has 6 aromatic carbocycles. The molecule has 3 amide bonds. The molecule has 18 nitrogen and oxygen atoms in total. The Morgan fingerprint density at radius 1 is 0.369 bits per heavy atom. The number of rotatable bonds is 33. The van der Waals surface area contributed by atoms with E-state index in [1.807, 2.05) is 134 Å². The number of nitrogens with one attached hydrogen (secondary N) is 3. The second-order valence-electron chi connectivity index (χ2n) is 21.9. The number of nitrogens with two attached hydrogens (primary N) is 9. The average molecular weight is 1170 g/mol. The van der Waals surface area contributed by atoms with Gasteiger partial charge in [0.15, 0.2) is 34.0 Å². The van der Waals surface area contributed by atoms with Crippen LogP contribution in [0.4, 0.5) is 17.1 Å². The van der Waals surface area contributed by atoms with Crippen molar-refractivity contribution in [1.82, 2.24) is 0 Å². The molecule has 0 saturated heterocycles. The van der Waals surface area contributed by atoms with E-state index in [4.69, 9.17) is 51.6 Å². The highest BCUT2D eigenvalue weighted by atomic mass is 35.5. The number of anilines is 3. The van der Waals surface area contributed by atoms with Gasteiger partial charge in [0.05, 0.1) is 18.1 Å². The van der Waals surface area contributed by atoms with Crippen molar-refractivity contribution in [2.45, 2.75) is 124 Å². The molecule has 0 bridgehead atoms. The molecule has 0 saturated carbocycles. The van der Waals surface area contributed by atoms with Gasteiger partial charge in [0, 0.05) is 22.5 Å². The molecular weight excluding hydrogens is 1080 g/mol. The van der Waals surface area contributed by atoms with Crippen molar-refractivity contribution >= 4 is 64.5 Å². The van der Waals surface area contributed by atoms with E-state index in [1.54, 1.807) is 36.4 Å². The van der Waals surface area contributed by atoms with Crippen LogP contribution < -0.4 is 67.6 Å². The van der Waals surface area contributed by atoms with Crippen LogP contribution in [-0.2, 0) is 53.4 Å². The van der Waals surface area contributed by atoms with Crippen molar-refractivity contribution < 1.29 is 28.8 Å². The number of ketones is 3. The third-order valence-corrected chi connectivity index (χ3v) is 15.7. The van der Waals surface area contributed by atoms with Gasteiger partial charge in [-0.3, -0.25) is 28.8 Å². The summed E-state index contributed by atoms with van der Waals surface area (Å²) in [6.45, 7) is 3.04. The van der Waals surface area contributed by atoms with Gasteiger partial charge in [-0.25, -0.2) is 0 Å². The summed E-state index contributed by atoms with van der Waals surface area (Å²) in [6.07, 6.45) is 3.52. The Hall–Kier alpha value is -7.33. The first-order valence-electron chi connectivity index (χ1n) is 28.5. The SMILES string of the molecule is CC(c1ccc(NC(=O)[C@@](N)(CCCCN)C(=O)[C@@H](N)Cc2ccccc2)cc1)(c1ccc(NC(=O)[C@@](N)(CCCCN)C(=O)[C@@H](N)Cc2ccccc2)cc1)c1ccc(NC(=O)[C@@](N)(CCCCN)C(=O)[C@@H](N)Cc2ccccc2)cc1.Cl. The van der Waals surface area contributed by atoms with E-state index in [0.717, 1.165) is 33.4 Å². The summed E-state index contributed by atoms with van der Waals surface area (Å²) in [4.78, 5) is 84.9. The maximum atomic E-state index is 14.2. The van der Waals surface area contributed by atoms with Gasteiger partial charge in [0.25, 0.3) is 17.7 Å². The van der Waals surface area contributed by atoms with Gasteiger partial charge in [-0.2, -0.15) is 0 Å². The molecule has 19 heteroatoms. The molecule has 21 N–H and O–H groups in total. The van der Waals surface area contributed by atoms with Crippen molar-refractivity contribution in [3.63, 3.8) is 0 Å². The molecule has 0 aliphatic rings. The van der Waals surface area contributed by atoms with E-state index >= 15 is 0 Å². The molecule has 84 heavy (non-hydrogen) atoms. The van der Waals surface area contributed by atoms with Gasteiger partial charge in [-0.15, -0.1) is 12.4 Å². The first-order chi connectivity index (χ1) is 39.7. The number of hydrogen-bond acceptors (Lipinski definition) is 15. The predicted molar refractivity (Wildman–Crippen MR) is 337 cm³/mol. The molecule has 6 aromatic rings. The van der Waals surface area contributed by atoms with Crippen LogP contribution in [0.3, 0.4) is 0 Å². The zero-order chi connectivity index (χ0) is 60.2. The van der Waals surface area contributed by atoms with Gasteiger partial charge in [0.2, 0.25) is 0 Å². The highest BCUT2D eigenvalue weighted by molar-refractivity contribution is 6.18. The van der Waals surface area contributed by atoms with E-state index in [1.165, 1.54) is 0 Å². The van der Waals surface area contributed by atoms with E-state index in [0.29, 0.717) is 75.2 Å². The van der Waals surface area contributed by atoms with Gasteiger partial charge in [-0.05, 0) is 173 Å². The summed E-state index contributed by atoms with van der Waals surface area (Å²) in [6, 6.07) is 45.9. The fourth-order valence-corrected chi connectivity index (χ4v) is 10.5. The summed E-state index contributed by atoms with van der Waals surface area (Å²) in [7, 11) is 0. The fraction of sp³-hybridized carbons (Fsp3) is 0.354. The van der Waals surface area contributed by atoms with E-state index in [9.17, 15) is 28.8 Å². The van der Waals surface area contributed by atoms with Crippen molar-refractivity contribution in [3.05, 3.63) is 197 Å². The van der Waals surface area contributed by atoms with E-state index < -0.39 is 75.2 Å². The van der Waals surface area contributed by atoms with Crippen LogP contribution in [0.25, 0.3) is 0 Å². The minimum absolute atomic E-state index is 0. The van der Waals surface area contributed by atoms with E-state index in [-0.39, 0.29) is 50.9 Å². The number of Topliss-reactive ketones (excluding diaryl/α,β-unsaturated/α-hetero) is 3. The summed E-state index contributed by atoms with van der Waals surface area (Å²) in [5, 5.41) is 8.64. The molecular formula is C65H85ClN12O6. The number of amides is 3. The van der Waals surface area contributed by atoms with Crippen molar-refractivity contribution in [3.8, 4) is 0 Å². The highest BCUT2D eigenvalue weighted by Crippen LogP contribution is 2.40. The number of carbonyl (C=O) groups is 6. The Labute approximate surface area is 499 Å². The number of halogens is 1. The molecule has 0 radical (unpaired) electrons. The minimum atomic E-state index is -1.96. The van der Waals surface area contributed by atoms with Gasteiger partial charge >= 0.3 is 0 Å². The lowest BCUT2D eigenvalue weighted by Gasteiger charge is -2.33. The monoisotopic (exact) mass is 1160 g/mol. The van der Waals surface area contributed by atoms with Gasteiger partial charge in [0.1, 0.15) is 0 Å². The lowest BCUT2D eigenvalue weighted by atomic mass is 9.71. The first kappa shape index (κ1) is 67.5. The largest absolute Gasteiger partial charge is 0.330 e. The molecule has 0 spiro atoms. The molecule has 0 unspecified atom stereocenters. The zero-order valence-corrected chi connectivity index (χ0v) is 48.8. The molecule has 448 valence electrons. The fourth-order valence-electron chi connectivity index (χ4n) is 10.5. The first-order valence-corrected chi connectivity index (χ1v) is 28.5. The second-order valence-corrected chi connectivity index (χ2v) is 21.9. The Bertz CT molecular complexity index is 2760. The molecule has 0 aliphatic carbocycles. The maximum Gasteiger partial charge on any atom is 0.252 e. The third kappa shape index (κ3) is 16.9. The smallest absolute Gasteiger partial charge is 0.252 e. The number of carbonyl (C=O) groups excluding carboxylic acids is 6. The molecule has 6 rings (SSSR count). The number of unbranched alkanes of at least 4 members (excludes halogenated alkanes) is 3. The van der Waals surface area contributed by atoms with Crippen LogP contribution in [-0.4, -0.2) is 89.4 Å². The lowest BCUT2D eigenvalue weighted by Crippen LogP contribution is -2.62. The molecule has 0 heterocycles. The quantitative estimate of drug-likeness (QED) is 0.0144. The third-order valence-electron chi connectivity index (χ3n) is 15.7. The highest BCUT2D eigenvalue weighted by Gasteiger charge is 2.46. The lowest BCUT2D eigenvalue weighted by molar-refractivity contribution is -0.135. The van der Waals surface area contributed by atoms with E-state index in [2.05, 4.69) is 16.0 Å². The summed E-state index contributed by atoms with van der Waals surface area (Å²) >= 11 is 0. The van der Waals surface area contributed by atoms with Crippen molar-refractivity contribution in [1.29, 1.82) is 0 Å². The van der Waals surface area contributed by atoms with Crippen LogP contribution in [0.15, 0.2) is 164 Å². The topological polar surface area (TPSA) is 373 Å². The van der Waals surface area contributed by atoms with Crippen LogP contribution in [0.5, 0.6) is 0 Å². The second kappa shape index (κ2) is 31.5. The Kier molecular flexibility index (Phi) is 25.3. The van der Waals surface area contributed by atoms with Crippen LogP contribution in [0.2, 0.25) is 0 Å². The normalized spacial score (nSPS) is 14.6. The summed E-state index contributed by atoms with van der Waals surface area (Å²) < 4.78 is 0. The Morgan fingerprint density at radius 3 is 0.810 bits per heavy atom. The van der Waals surface area contributed by atoms with Gasteiger partial charge in [-0.1, -0.05) is 127 Å². The number of hydrogen-bond donors (Lipinski definition) is 12. The Balaban J connectivity index is 0.0000129. The molecule has 0 fully saturated rings. The number of benzene rings is 6. The van der Waals surface area contributed by atoms with Crippen molar-refractivity contribution in [2.75, 3.05) is 35.6 Å². The minimum Gasteiger partial charge on any atom is -0.330 e. The van der Waals surface area contributed by atoms with Gasteiger partial charge < -0.3 is 67.6 Å². The molecule has 0 aliphatic heterocycles. The standard InChI is InChI=1S/C65H84N12O6.ClH/c1-62(47-23-29-50(30-24-47)75-59(81)63(72,35-11-14-38-66)56(78)53(69)41-44-17-5-2-6-18-44,48-25-31-51(32-26-48)76-60(82)64(73,36-12-15-39-67)57(79)54(70)42-45-19-7-3-8-20-45)49-27-33-52(34-28-49)77-61(83)65(74,37-13-16-40-68)58(80)55(71)43-46-21-9-4-10-22-46;/h2-10,17-34,53-55H,11-16,35-43,66-74H2,1H3,(H,75,81)(H,76,82)(H,77,83);1H/t53-,54-,55-,63+,64+,65+;/m0./s1. The predicted octanol–water partition coefficient (Wildman–Crippen LogP) is 5.18. The molecule has 0 aromatic heterocycles. The maximum absolute atomic E-state index is 14.2. The van der Waals surface area contributed by atoms with Crippen LogP contribution >= 0.6 is 12.4 Å². The average Bonchev–Trinajstić information content (AvgIpc) is 1.87. The summed E-state index contributed by atoms with van der Waals surface area (Å²) in [5.41, 5.74) is 56.0.